The van der Waals surface area contributed by atoms with Crippen LogP contribution in [0.15, 0.2) is 24.7 Å². The number of anilines is 1. The molecule has 2 aromatic heterocycles. The van der Waals surface area contributed by atoms with Crippen LogP contribution in [0, 0.1) is 6.92 Å². The predicted octanol–water partition coefficient (Wildman–Crippen LogP) is 2.74. The summed E-state index contributed by atoms with van der Waals surface area (Å²) < 4.78 is 2.01. The molecule has 0 radical (unpaired) electrons. The highest BCUT2D eigenvalue weighted by atomic mass is 16.1. The van der Waals surface area contributed by atoms with Crippen LogP contribution in [0.4, 0.5) is 5.69 Å². The predicted molar refractivity (Wildman–Crippen MR) is 79.1 cm³/mol. The SMILES string of the molecule is Cc1c(C(=O)Nc2ccnnc2)cnn1C1CCCCC1. The quantitative estimate of drug-likeness (QED) is 0.941. The first-order valence-electron chi connectivity index (χ1n) is 7.38. The standard InChI is InChI=1S/C15H19N5O/c1-11-14(15(21)19-12-7-8-16-17-9-12)10-18-20(11)13-5-3-2-4-6-13/h7-10,13H,2-6H2,1H3,(H,16,19,21). The smallest absolute Gasteiger partial charge is 0.259 e. The van der Waals surface area contributed by atoms with Crippen LogP contribution in [0.5, 0.6) is 0 Å². The molecule has 2 aromatic rings. The van der Waals surface area contributed by atoms with Gasteiger partial charge in [0.05, 0.1) is 35.9 Å². The van der Waals surface area contributed by atoms with E-state index in [9.17, 15) is 4.79 Å². The molecule has 1 amide bonds. The minimum Gasteiger partial charge on any atom is -0.320 e. The molecule has 1 aliphatic carbocycles. The average molecular weight is 285 g/mol. The van der Waals surface area contributed by atoms with Crippen LogP contribution in [0.3, 0.4) is 0 Å². The van der Waals surface area contributed by atoms with E-state index in [1.807, 2.05) is 11.6 Å². The van der Waals surface area contributed by atoms with Gasteiger partial charge in [0.1, 0.15) is 0 Å². The van der Waals surface area contributed by atoms with Crippen LogP contribution in [0.1, 0.15) is 54.2 Å². The number of hydrogen-bond donors (Lipinski definition) is 1. The first kappa shape index (κ1) is 13.7. The largest absolute Gasteiger partial charge is 0.320 e. The summed E-state index contributed by atoms with van der Waals surface area (Å²) in [5, 5.41) is 14.7. The van der Waals surface area contributed by atoms with Crippen LogP contribution >= 0.6 is 0 Å². The summed E-state index contributed by atoms with van der Waals surface area (Å²) >= 11 is 0. The van der Waals surface area contributed by atoms with Crippen molar-refractivity contribution in [2.45, 2.75) is 45.1 Å². The lowest BCUT2D eigenvalue weighted by atomic mass is 9.95. The number of carbonyl (C=O) groups is 1. The van der Waals surface area contributed by atoms with Crippen molar-refractivity contribution < 1.29 is 4.79 Å². The second-order valence-electron chi connectivity index (χ2n) is 5.47. The van der Waals surface area contributed by atoms with Gasteiger partial charge in [-0.3, -0.25) is 9.48 Å². The molecule has 1 aliphatic rings. The Morgan fingerprint density at radius 3 is 2.76 bits per heavy atom. The minimum atomic E-state index is -0.150. The van der Waals surface area contributed by atoms with Crippen LogP contribution in [0.25, 0.3) is 0 Å². The van der Waals surface area contributed by atoms with E-state index in [1.165, 1.54) is 25.5 Å². The van der Waals surface area contributed by atoms with Crippen molar-refractivity contribution in [1.82, 2.24) is 20.0 Å². The summed E-state index contributed by atoms with van der Waals surface area (Å²) in [6.07, 6.45) is 10.8. The van der Waals surface area contributed by atoms with Crippen molar-refractivity contribution in [2.24, 2.45) is 0 Å². The van der Waals surface area contributed by atoms with E-state index in [1.54, 1.807) is 18.5 Å². The van der Waals surface area contributed by atoms with E-state index >= 15 is 0 Å². The van der Waals surface area contributed by atoms with Gasteiger partial charge < -0.3 is 5.32 Å². The number of nitrogens with zero attached hydrogens (tertiary/aromatic N) is 4. The maximum Gasteiger partial charge on any atom is 0.259 e. The number of hydrogen-bond acceptors (Lipinski definition) is 4. The molecule has 0 atom stereocenters. The highest BCUT2D eigenvalue weighted by Gasteiger charge is 2.21. The van der Waals surface area contributed by atoms with Gasteiger partial charge in [-0.15, -0.1) is 0 Å². The first-order valence-corrected chi connectivity index (χ1v) is 7.38. The number of nitrogens with one attached hydrogen (secondary N) is 1. The lowest BCUT2D eigenvalue weighted by Crippen LogP contribution is -2.17. The third-order valence-corrected chi connectivity index (χ3v) is 4.05. The lowest BCUT2D eigenvalue weighted by Gasteiger charge is -2.23. The molecule has 1 N–H and O–H groups in total. The molecular weight excluding hydrogens is 266 g/mol. The van der Waals surface area contributed by atoms with Gasteiger partial charge in [-0.05, 0) is 25.8 Å². The Labute approximate surface area is 123 Å². The summed E-state index contributed by atoms with van der Waals surface area (Å²) in [7, 11) is 0. The Bertz CT molecular complexity index is 616. The second kappa shape index (κ2) is 6.03. The van der Waals surface area contributed by atoms with Crippen molar-refractivity contribution in [1.29, 1.82) is 0 Å². The molecule has 6 nitrogen and oxygen atoms in total. The fourth-order valence-electron chi connectivity index (χ4n) is 2.90. The van der Waals surface area contributed by atoms with Crippen molar-refractivity contribution in [3.8, 4) is 0 Å². The van der Waals surface area contributed by atoms with Crippen LogP contribution < -0.4 is 5.32 Å². The lowest BCUT2D eigenvalue weighted by molar-refractivity contribution is 0.102. The average Bonchev–Trinajstić information content (AvgIpc) is 2.91. The van der Waals surface area contributed by atoms with Crippen molar-refractivity contribution in [3.05, 3.63) is 35.9 Å². The molecule has 0 aromatic carbocycles. The molecule has 2 heterocycles. The van der Waals surface area contributed by atoms with E-state index < -0.39 is 0 Å². The molecule has 0 unspecified atom stereocenters. The van der Waals surface area contributed by atoms with E-state index in [0.29, 0.717) is 17.3 Å². The maximum atomic E-state index is 12.3. The molecule has 0 bridgehead atoms. The van der Waals surface area contributed by atoms with Gasteiger partial charge in [-0.2, -0.15) is 15.3 Å². The number of aromatic nitrogens is 4. The Morgan fingerprint density at radius 2 is 2.05 bits per heavy atom. The van der Waals surface area contributed by atoms with E-state index in [0.717, 1.165) is 18.5 Å². The Kier molecular flexibility index (Phi) is 3.94. The van der Waals surface area contributed by atoms with Crippen molar-refractivity contribution >= 4 is 11.6 Å². The van der Waals surface area contributed by atoms with Crippen LogP contribution in [-0.2, 0) is 0 Å². The van der Waals surface area contributed by atoms with Gasteiger partial charge >= 0.3 is 0 Å². The zero-order valence-corrected chi connectivity index (χ0v) is 12.1. The second-order valence-corrected chi connectivity index (χ2v) is 5.47. The molecule has 1 fully saturated rings. The zero-order valence-electron chi connectivity index (χ0n) is 12.1. The summed E-state index contributed by atoms with van der Waals surface area (Å²) in [4.78, 5) is 12.3. The Balaban J connectivity index is 1.76. The molecule has 0 spiro atoms. The van der Waals surface area contributed by atoms with Crippen molar-refractivity contribution in [2.75, 3.05) is 5.32 Å². The fraction of sp³-hybridized carbons (Fsp3) is 0.467. The summed E-state index contributed by atoms with van der Waals surface area (Å²) in [5.41, 5.74) is 2.19. The van der Waals surface area contributed by atoms with E-state index in [2.05, 4.69) is 20.6 Å². The summed E-state index contributed by atoms with van der Waals surface area (Å²) in [5.74, 6) is -0.150. The van der Waals surface area contributed by atoms with Crippen LogP contribution in [-0.4, -0.2) is 25.9 Å². The Morgan fingerprint density at radius 1 is 1.24 bits per heavy atom. The third kappa shape index (κ3) is 2.94. The third-order valence-electron chi connectivity index (χ3n) is 4.05. The molecule has 1 saturated carbocycles. The summed E-state index contributed by atoms with van der Waals surface area (Å²) in [6.45, 7) is 1.96. The highest BCUT2D eigenvalue weighted by Crippen LogP contribution is 2.29. The number of rotatable bonds is 3. The molecular formula is C15H19N5O. The Hall–Kier alpha value is -2.24. The zero-order chi connectivity index (χ0) is 14.7. The normalized spacial score (nSPS) is 15.9. The minimum absolute atomic E-state index is 0.150. The molecule has 0 saturated heterocycles. The summed E-state index contributed by atoms with van der Waals surface area (Å²) in [6, 6.07) is 2.15. The fourth-order valence-corrected chi connectivity index (χ4v) is 2.90. The van der Waals surface area contributed by atoms with E-state index in [4.69, 9.17) is 0 Å². The monoisotopic (exact) mass is 285 g/mol. The topological polar surface area (TPSA) is 72.7 Å². The number of amides is 1. The van der Waals surface area contributed by atoms with Gasteiger partial charge in [0.15, 0.2) is 0 Å². The molecule has 110 valence electrons. The molecule has 6 heteroatoms. The maximum absolute atomic E-state index is 12.3. The van der Waals surface area contributed by atoms with E-state index in [-0.39, 0.29) is 5.91 Å². The van der Waals surface area contributed by atoms with Crippen molar-refractivity contribution in [3.63, 3.8) is 0 Å². The van der Waals surface area contributed by atoms with Crippen LogP contribution in [0.2, 0.25) is 0 Å². The first-order chi connectivity index (χ1) is 10.3. The molecule has 0 aliphatic heterocycles. The van der Waals surface area contributed by atoms with Gasteiger partial charge in [0, 0.05) is 5.69 Å². The van der Waals surface area contributed by atoms with Gasteiger partial charge in [0.25, 0.3) is 5.91 Å². The highest BCUT2D eigenvalue weighted by molar-refractivity contribution is 6.04. The molecule has 21 heavy (non-hydrogen) atoms. The van der Waals surface area contributed by atoms with Gasteiger partial charge in [0.2, 0.25) is 0 Å². The number of carbonyl (C=O) groups excluding carboxylic acids is 1. The molecule has 3 rings (SSSR count). The van der Waals surface area contributed by atoms with Gasteiger partial charge in [-0.25, -0.2) is 0 Å². The van der Waals surface area contributed by atoms with Gasteiger partial charge in [-0.1, -0.05) is 19.3 Å².